The summed E-state index contributed by atoms with van der Waals surface area (Å²) in [6.07, 6.45) is -0.633. The lowest BCUT2D eigenvalue weighted by molar-refractivity contribution is 0.0399. The second kappa shape index (κ2) is 5.76. The number of hydrogen-bond acceptors (Lipinski definition) is 3. The van der Waals surface area contributed by atoms with Crippen LogP contribution < -0.4 is 0 Å². The lowest BCUT2D eigenvalue weighted by Crippen LogP contribution is -2.16. The van der Waals surface area contributed by atoms with Gasteiger partial charge in [-0.2, -0.15) is 0 Å². The second-order valence-electron chi connectivity index (χ2n) is 1.77. The number of carbonyl (C=O) groups is 1. The molecule has 0 N–H and O–H groups in total. The van der Waals surface area contributed by atoms with Crippen LogP contribution in [0.3, 0.4) is 0 Å². The van der Waals surface area contributed by atoms with E-state index in [1.807, 2.05) is 6.92 Å². The van der Waals surface area contributed by atoms with Gasteiger partial charge in [-0.15, -0.1) is 0 Å². The SMILES string of the molecule is CCOC(=O)OC(C)CI. The highest BCUT2D eigenvalue weighted by atomic mass is 127. The van der Waals surface area contributed by atoms with E-state index in [9.17, 15) is 4.79 Å². The summed E-state index contributed by atoms with van der Waals surface area (Å²) in [5.41, 5.74) is 0. The lowest BCUT2D eigenvalue weighted by Gasteiger charge is -2.08. The second-order valence-corrected chi connectivity index (χ2v) is 2.65. The van der Waals surface area contributed by atoms with Crippen molar-refractivity contribution in [2.45, 2.75) is 20.0 Å². The molecule has 0 radical (unpaired) electrons. The Balaban J connectivity index is 3.37. The molecule has 10 heavy (non-hydrogen) atoms. The van der Waals surface area contributed by atoms with Crippen molar-refractivity contribution in [3.63, 3.8) is 0 Å². The third-order valence-corrected chi connectivity index (χ3v) is 2.02. The summed E-state index contributed by atoms with van der Waals surface area (Å²) >= 11 is 2.14. The zero-order valence-corrected chi connectivity index (χ0v) is 8.25. The average Bonchev–Trinajstić information content (AvgIpc) is 1.88. The van der Waals surface area contributed by atoms with Crippen molar-refractivity contribution in [1.82, 2.24) is 0 Å². The molecule has 0 spiro atoms. The van der Waals surface area contributed by atoms with E-state index >= 15 is 0 Å². The Bertz CT molecular complexity index is 105. The average molecular weight is 258 g/mol. The van der Waals surface area contributed by atoms with Gasteiger partial charge in [-0.1, -0.05) is 22.6 Å². The van der Waals surface area contributed by atoms with Crippen LogP contribution in [0.4, 0.5) is 4.79 Å². The number of rotatable bonds is 3. The predicted octanol–water partition coefficient (Wildman–Crippen LogP) is 1.98. The van der Waals surface area contributed by atoms with Gasteiger partial charge < -0.3 is 9.47 Å². The van der Waals surface area contributed by atoms with Crippen LogP contribution in [0.25, 0.3) is 0 Å². The number of alkyl halides is 1. The third kappa shape index (κ3) is 4.84. The van der Waals surface area contributed by atoms with Gasteiger partial charge in [0.25, 0.3) is 0 Å². The fourth-order valence-corrected chi connectivity index (χ4v) is 0.527. The highest BCUT2D eigenvalue weighted by Crippen LogP contribution is 1.97. The maximum atomic E-state index is 10.6. The van der Waals surface area contributed by atoms with E-state index in [2.05, 4.69) is 27.3 Å². The molecular formula is C6H11IO3. The van der Waals surface area contributed by atoms with Gasteiger partial charge in [-0.05, 0) is 13.8 Å². The molecule has 0 rings (SSSR count). The van der Waals surface area contributed by atoms with Gasteiger partial charge in [0.05, 0.1) is 6.61 Å². The van der Waals surface area contributed by atoms with Crippen LogP contribution >= 0.6 is 22.6 Å². The molecule has 60 valence electrons. The Labute approximate surface area is 74.2 Å². The van der Waals surface area contributed by atoms with Gasteiger partial charge >= 0.3 is 6.16 Å². The van der Waals surface area contributed by atoms with Crippen LogP contribution in [-0.2, 0) is 9.47 Å². The molecule has 0 aliphatic heterocycles. The van der Waals surface area contributed by atoms with Crippen LogP contribution in [0.5, 0.6) is 0 Å². The summed E-state index contributed by atoms with van der Waals surface area (Å²) in [6.45, 7) is 3.94. The third-order valence-electron chi connectivity index (χ3n) is 0.777. The maximum Gasteiger partial charge on any atom is 0.508 e. The normalized spacial score (nSPS) is 12.3. The molecule has 0 aromatic carbocycles. The Morgan fingerprint density at radius 3 is 2.70 bits per heavy atom. The van der Waals surface area contributed by atoms with E-state index in [1.165, 1.54) is 0 Å². The van der Waals surface area contributed by atoms with Crippen molar-refractivity contribution in [2.24, 2.45) is 0 Å². The van der Waals surface area contributed by atoms with Gasteiger partial charge in [0.15, 0.2) is 0 Å². The molecule has 3 nitrogen and oxygen atoms in total. The van der Waals surface area contributed by atoms with Crippen LogP contribution in [0.1, 0.15) is 13.8 Å². The standard InChI is InChI=1S/C6H11IO3/c1-3-9-6(8)10-5(2)4-7/h5H,3-4H2,1-2H3. The minimum atomic E-state index is -0.577. The molecule has 0 heterocycles. The molecule has 0 saturated carbocycles. The Morgan fingerprint density at radius 2 is 2.30 bits per heavy atom. The van der Waals surface area contributed by atoms with E-state index in [0.29, 0.717) is 6.61 Å². The first-order chi connectivity index (χ1) is 4.70. The molecule has 0 aromatic heterocycles. The molecule has 1 unspecified atom stereocenters. The molecule has 0 bridgehead atoms. The van der Waals surface area contributed by atoms with E-state index in [-0.39, 0.29) is 6.10 Å². The first-order valence-corrected chi connectivity index (χ1v) is 4.62. The van der Waals surface area contributed by atoms with Gasteiger partial charge in [0.2, 0.25) is 0 Å². The summed E-state index contributed by atoms with van der Waals surface area (Å²) in [4.78, 5) is 10.6. The van der Waals surface area contributed by atoms with Crippen LogP contribution in [0, 0.1) is 0 Å². The van der Waals surface area contributed by atoms with Gasteiger partial charge in [0.1, 0.15) is 6.10 Å². The zero-order chi connectivity index (χ0) is 7.98. The van der Waals surface area contributed by atoms with Crippen LogP contribution in [0.15, 0.2) is 0 Å². The van der Waals surface area contributed by atoms with E-state index in [0.717, 1.165) is 4.43 Å². The number of hydrogen-bond donors (Lipinski definition) is 0. The van der Waals surface area contributed by atoms with Crippen molar-refractivity contribution in [3.05, 3.63) is 0 Å². The van der Waals surface area contributed by atoms with Gasteiger partial charge in [-0.25, -0.2) is 4.79 Å². The highest BCUT2D eigenvalue weighted by Gasteiger charge is 2.06. The maximum absolute atomic E-state index is 10.6. The van der Waals surface area contributed by atoms with Crippen LogP contribution in [-0.4, -0.2) is 23.3 Å². The molecular weight excluding hydrogens is 247 g/mol. The minimum Gasteiger partial charge on any atom is -0.435 e. The van der Waals surface area contributed by atoms with Crippen molar-refractivity contribution < 1.29 is 14.3 Å². The smallest absolute Gasteiger partial charge is 0.435 e. The molecule has 0 saturated heterocycles. The van der Waals surface area contributed by atoms with Gasteiger partial charge in [0, 0.05) is 4.43 Å². The Morgan fingerprint density at radius 1 is 1.70 bits per heavy atom. The van der Waals surface area contributed by atoms with Crippen molar-refractivity contribution in [1.29, 1.82) is 0 Å². The first kappa shape index (κ1) is 10.0. The van der Waals surface area contributed by atoms with Crippen LogP contribution in [0.2, 0.25) is 0 Å². The topological polar surface area (TPSA) is 35.5 Å². The van der Waals surface area contributed by atoms with Crippen molar-refractivity contribution in [3.8, 4) is 0 Å². The first-order valence-electron chi connectivity index (χ1n) is 3.10. The summed E-state index contributed by atoms with van der Waals surface area (Å²) in [5.74, 6) is 0. The summed E-state index contributed by atoms with van der Waals surface area (Å²) in [6, 6.07) is 0. The largest absolute Gasteiger partial charge is 0.508 e. The zero-order valence-electron chi connectivity index (χ0n) is 6.09. The van der Waals surface area contributed by atoms with Crippen molar-refractivity contribution >= 4 is 28.7 Å². The Kier molecular flexibility index (Phi) is 5.76. The molecule has 0 amide bonds. The molecule has 0 aliphatic carbocycles. The molecule has 0 fully saturated rings. The minimum absolute atomic E-state index is 0.0559. The molecule has 0 aliphatic rings. The van der Waals surface area contributed by atoms with E-state index in [4.69, 9.17) is 4.74 Å². The molecule has 1 atom stereocenters. The highest BCUT2D eigenvalue weighted by molar-refractivity contribution is 14.1. The lowest BCUT2D eigenvalue weighted by atomic mass is 10.5. The Hall–Kier alpha value is 0. The summed E-state index contributed by atoms with van der Waals surface area (Å²) < 4.78 is 10.1. The number of carbonyl (C=O) groups excluding carboxylic acids is 1. The predicted molar refractivity (Wildman–Crippen MR) is 46.5 cm³/mol. The number of ether oxygens (including phenoxy) is 2. The quantitative estimate of drug-likeness (QED) is 0.441. The van der Waals surface area contributed by atoms with Gasteiger partial charge in [-0.3, -0.25) is 0 Å². The fraction of sp³-hybridized carbons (Fsp3) is 0.833. The monoisotopic (exact) mass is 258 g/mol. The van der Waals surface area contributed by atoms with E-state index in [1.54, 1.807) is 6.92 Å². The summed E-state index contributed by atoms with van der Waals surface area (Å²) in [5, 5.41) is 0. The van der Waals surface area contributed by atoms with E-state index < -0.39 is 6.16 Å². The fourth-order valence-electron chi connectivity index (χ4n) is 0.348. The van der Waals surface area contributed by atoms with Crippen molar-refractivity contribution in [2.75, 3.05) is 11.0 Å². The summed E-state index contributed by atoms with van der Waals surface area (Å²) in [7, 11) is 0. The molecule has 4 heteroatoms. The number of halogens is 1. The molecule has 0 aromatic rings.